The van der Waals surface area contributed by atoms with Crippen LogP contribution in [0.15, 0.2) is 12.7 Å². The van der Waals surface area contributed by atoms with Crippen LogP contribution in [0.2, 0.25) is 0 Å². The predicted molar refractivity (Wildman–Crippen MR) is 80.5 cm³/mol. The zero-order chi connectivity index (χ0) is 14.7. The maximum absolute atomic E-state index is 9.50. The molecule has 0 aliphatic heterocycles. The first-order valence-electron chi connectivity index (χ1n) is 5.61. The summed E-state index contributed by atoms with van der Waals surface area (Å²) in [4.78, 5) is 0. The molecule has 1 rings (SSSR count). The summed E-state index contributed by atoms with van der Waals surface area (Å²) >= 11 is 1.44. The van der Waals surface area contributed by atoms with Crippen molar-refractivity contribution in [3.8, 4) is 6.07 Å². The van der Waals surface area contributed by atoms with Gasteiger partial charge in [0.15, 0.2) is 0 Å². The summed E-state index contributed by atoms with van der Waals surface area (Å²) in [6, 6.07) is 2.13. The minimum atomic E-state index is 0.500. The molecule has 18 heavy (non-hydrogen) atoms. The van der Waals surface area contributed by atoms with Crippen molar-refractivity contribution in [2.75, 3.05) is 12.9 Å². The van der Waals surface area contributed by atoms with Gasteiger partial charge in [-0.1, -0.05) is 32.6 Å². The Balaban J connectivity index is 0. The van der Waals surface area contributed by atoms with E-state index in [0.717, 1.165) is 15.3 Å². The number of alkyl halides is 1. The fraction of sp³-hybridized carbons (Fsp3) is 0.357. The fourth-order valence-corrected chi connectivity index (χ4v) is 2.24. The minimum Gasteiger partial charge on any atom is -0.389 e. The number of nitrogens with two attached hydrogens (primary N) is 1. The highest BCUT2D eigenvalue weighted by Gasteiger charge is 2.06. The zero-order valence-electron chi connectivity index (χ0n) is 11.7. The van der Waals surface area contributed by atoms with Gasteiger partial charge in [-0.2, -0.15) is 5.26 Å². The van der Waals surface area contributed by atoms with Gasteiger partial charge in [0, 0.05) is 9.75 Å². The Morgan fingerprint density at radius 1 is 1.44 bits per heavy atom. The summed E-state index contributed by atoms with van der Waals surface area (Å²) in [6.07, 6.45) is 3.71. The molecule has 1 aromatic rings. The quantitative estimate of drug-likeness (QED) is 0.851. The van der Waals surface area contributed by atoms with Crippen molar-refractivity contribution in [1.29, 1.82) is 5.26 Å². The molecule has 0 aromatic carbocycles. The summed E-state index contributed by atoms with van der Waals surface area (Å²) in [5.74, 6) is 0. The van der Waals surface area contributed by atoms with Crippen molar-refractivity contribution in [2.45, 2.75) is 27.7 Å². The molecule has 0 amide bonds. The van der Waals surface area contributed by atoms with E-state index >= 15 is 0 Å². The lowest BCUT2D eigenvalue weighted by molar-refractivity contribution is 0.636. The maximum Gasteiger partial charge on any atom is 0.105 e. The van der Waals surface area contributed by atoms with Crippen LogP contribution in [0.4, 0.5) is 9.39 Å². The van der Waals surface area contributed by atoms with E-state index in [1.807, 2.05) is 33.8 Å². The molecule has 0 radical (unpaired) electrons. The van der Waals surface area contributed by atoms with E-state index in [0.29, 0.717) is 17.7 Å². The number of hydrogen-bond acceptors (Lipinski definition) is 3. The highest BCUT2D eigenvalue weighted by Crippen LogP contribution is 2.10. The van der Waals surface area contributed by atoms with E-state index in [1.54, 1.807) is 6.08 Å². The summed E-state index contributed by atoms with van der Waals surface area (Å²) in [7, 11) is 0.500. The van der Waals surface area contributed by atoms with E-state index in [9.17, 15) is 4.39 Å². The van der Waals surface area contributed by atoms with Crippen LogP contribution in [0, 0.1) is 11.3 Å². The Bertz CT molecular complexity index is 521. The fourth-order valence-electron chi connectivity index (χ4n) is 1.27. The largest absolute Gasteiger partial charge is 0.389 e. The number of nitrogens with zero attached hydrogens (tertiary/aromatic N) is 1. The Morgan fingerprint density at radius 3 is 2.28 bits per heavy atom. The van der Waals surface area contributed by atoms with Crippen molar-refractivity contribution in [2.24, 2.45) is 0 Å². The highest BCUT2D eigenvalue weighted by molar-refractivity contribution is 7.14. The van der Waals surface area contributed by atoms with Crippen LogP contribution in [0.3, 0.4) is 0 Å². The molecule has 0 spiro atoms. The highest BCUT2D eigenvalue weighted by atomic mass is 32.1. The van der Waals surface area contributed by atoms with Gasteiger partial charge < -0.3 is 5.73 Å². The molecule has 2 N–H and O–H groups in total. The van der Waals surface area contributed by atoms with Crippen molar-refractivity contribution in [3.05, 3.63) is 28.0 Å². The second-order valence-corrected chi connectivity index (χ2v) is 3.95. The topological polar surface area (TPSA) is 49.8 Å². The van der Waals surface area contributed by atoms with Crippen LogP contribution in [0.25, 0.3) is 11.6 Å². The molecule has 0 aliphatic carbocycles. The molecule has 0 fully saturated rings. The van der Waals surface area contributed by atoms with E-state index in [1.165, 1.54) is 11.3 Å². The number of anilines is 1. The van der Waals surface area contributed by atoms with Gasteiger partial charge in [-0.15, -0.1) is 11.3 Å². The van der Waals surface area contributed by atoms with Crippen LogP contribution < -0.4 is 15.5 Å². The molecule has 0 saturated carbocycles. The van der Waals surface area contributed by atoms with Gasteiger partial charge in [-0.3, -0.25) is 4.39 Å². The van der Waals surface area contributed by atoms with Gasteiger partial charge in [0.25, 0.3) is 0 Å². The smallest absolute Gasteiger partial charge is 0.105 e. The number of thiophene rings is 1. The van der Waals surface area contributed by atoms with E-state index in [-0.39, 0.29) is 0 Å². The molecule has 0 atom stereocenters. The molecule has 2 nitrogen and oxygen atoms in total. The first kappa shape index (κ1) is 18.8. The molecule has 4 heteroatoms. The van der Waals surface area contributed by atoms with Gasteiger partial charge in [0.2, 0.25) is 0 Å². The van der Waals surface area contributed by atoms with Crippen molar-refractivity contribution in [1.82, 2.24) is 0 Å². The lowest BCUT2D eigenvalue weighted by Crippen LogP contribution is -2.22. The Morgan fingerprint density at radius 2 is 1.94 bits per heavy atom. The third-order valence-corrected chi connectivity index (χ3v) is 3.12. The van der Waals surface area contributed by atoms with Gasteiger partial charge in [-0.25, -0.2) is 0 Å². The number of nitriles is 1. The number of hydrogen-bond donors (Lipinski definition) is 1. The summed E-state index contributed by atoms with van der Waals surface area (Å²) in [5.41, 5.74) is 7.31. The Labute approximate surface area is 113 Å². The second-order valence-electron chi connectivity index (χ2n) is 2.87. The lowest BCUT2D eigenvalue weighted by atomic mass is 10.1. The summed E-state index contributed by atoms with van der Waals surface area (Å²) in [6.45, 7) is 11.6. The van der Waals surface area contributed by atoms with Crippen LogP contribution in [0.5, 0.6) is 0 Å². The third-order valence-electron chi connectivity index (χ3n) is 2.04. The number of allylic oxidation sites excluding steroid dienone is 1. The molecule has 100 valence electrons. The van der Waals surface area contributed by atoms with Crippen LogP contribution in [0.1, 0.15) is 33.3 Å². The molecule has 0 bridgehead atoms. The number of halogens is 1. The first-order chi connectivity index (χ1) is 8.65. The van der Waals surface area contributed by atoms with E-state index in [2.05, 4.69) is 12.6 Å². The maximum atomic E-state index is 9.50. The molecule has 0 aliphatic rings. The number of nitrogen functional groups attached to an aromatic ring is 1. The van der Waals surface area contributed by atoms with Crippen LogP contribution in [-0.4, -0.2) is 7.18 Å². The molecule has 0 saturated heterocycles. The van der Waals surface area contributed by atoms with Gasteiger partial charge in [0.1, 0.15) is 11.1 Å². The standard InChI is InChI=1S/C11H12N2S.C2H6.CH3F/c1-4-7(3)10-8(6-12)11(13)14-9(10)5-2;2*1-2/h4-5H,1,13H2,2-3H3;1-2H3;1H3/b9-5+,10-7-;;. The average Bonchev–Trinajstić information content (AvgIpc) is 2.78. The molecular formula is C14H21FN2S. The van der Waals surface area contributed by atoms with Gasteiger partial charge >= 0.3 is 0 Å². The Kier molecular flexibility index (Phi) is 11.0. The van der Waals surface area contributed by atoms with Gasteiger partial charge in [0.05, 0.1) is 12.7 Å². The molecule has 1 aromatic heterocycles. The number of rotatable bonds is 1. The summed E-state index contributed by atoms with van der Waals surface area (Å²) < 4.78 is 10.5. The van der Waals surface area contributed by atoms with Crippen molar-refractivity contribution in [3.63, 3.8) is 0 Å². The third kappa shape index (κ3) is 4.34. The molecule has 0 unspecified atom stereocenters. The first-order valence-corrected chi connectivity index (χ1v) is 6.43. The SMILES string of the molecule is C=C/C(C)=c1/c(C#N)c(N)s/c1=C/C.CC.CF. The van der Waals surface area contributed by atoms with Gasteiger partial charge in [-0.05, 0) is 19.4 Å². The van der Waals surface area contributed by atoms with Crippen molar-refractivity contribution >= 4 is 28.0 Å². The van der Waals surface area contributed by atoms with Crippen molar-refractivity contribution < 1.29 is 4.39 Å². The average molecular weight is 268 g/mol. The summed E-state index contributed by atoms with van der Waals surface area (Å²) in [5, 5.41) is 10.5. The molecular weight excluding hydrogens is 247 g/mol. The predicted octanol–water partition coefficient (Wildman–Crippen LogP) is 2.97. The van der Waals surface area contributed by atoms with E-state index < -0.39 is 0 Å². The van der Waals surface area contributed by atoms with Crippen LogP contribution in [-0.2, 0) is 0 Å². The monoisotopic (exact) mass is 268 g/mol. The minimum absolute atomic E-state index is 0.500. The second kappa shape index (κ2) is 10.5. The van der Waals surface area contributed by atoms with Crippen LogP contribution >= 0.6 is 11.3 Å². The Hall–Kier alpha value is -1.60. The molecule has 1 heterocycles. The zero-order valence-corrected chi connectivity index (χ0v) is 12.5. The van der Waals surface area contributed by atoms with E-state index in [4.69, 9.17) is 11.0 Å². The normalized spacial score (nSPS) is 11.3. The lowest BCUT2D eigenvalue weighted by Gasteiger charge is -1.89.